The van der Waals surface area contributed by atoms with Crippen molar-refractivity contribution in [2.24, 2.45) is 0 Å². The average molecular weight is 356 g/mol. The molecule has 0 unspecified atom stereocenters. The standard InChI is InChI=1S/C19H20N2O5/c1-25-17(22)12-16(13-6-4-3-5-7-13)21-19(24)20-15-10-8-14(9-11-15)18(23)26-2/h3-11,16H,12H2,1-2H3,(H2,20,21,24)/t16-/m0/s1. The number of hydrogen-bond donors (Lipinski definition) is 2. The molecule has 0 heterocycles. The van der Waals surface area contributed by atoms with Crippen LogP contribution in [0.3, 0.4) is 0 Å². The summed E-state index contributed by atoms with van der Waals surface area (Å²) in [6.07, 6.45) is 0.00914. The van der Waals surface area contributed by atoms with Crippen molar-refractivity contribution in [3.8, 4) is 0 Å². The third-order valence-corrected chi connectivity index (χ3v) is 3.67. The number of urea groups is 1. The zero-order valence-electron chi connectivity index (χ0n) is 14.5. The van der Waals surface area contributed by atoms with Crippen LogP contribution in [0.15, 0.2) is 54.6 Å². The second-order valence-corrected chi connectivity index (χ2v) is 5.41. The molecule has 26 heavy (non-hydrogen) atoms. The Morgan fingerprint density at radius 2 is 1.58 bits per heavy atom. The van der Waals surface area contributed by atoms with Crippen LogP contribution < -0.4 is 10.6 Å². The highest BCUT2D eigenvalue weighted by Gasteiger charge is 2.19. The van der Waals surface area contributed by atoms with Gasteiger partial charge in [-0.15, -0.1) is 0 Å². The lowest BCUT2D eigenvalue weighted by molar-refractivity contribution is -0.141. The van der Waals surface area contributed by atoms with Crippen LogP contribution in [0.25, 0.3) is 0 Å². The molecule has 0 aliphatic carbocycles. The molecule has 0 aliphatic rings. The fourth-order valence-electron chi connectivity index (χ4n) is 2.32. The smallest absolute Gasteiger partial charge is 0.337 e. The van der Waals surface area contributed by atoms with Crippen molar-refractivity contribution < 1.29 is 23.9 Å². The van der Waals surface area contributed by atoms with Gasteiger partial charge in [0.05, 0.1) is 32.2 Å². The van der Waals surface area contributed by atoms with Crippen LogP contribution in [0.4, 0.5) is 10.5 Å². The number of hydrogen-bond acceptors (Lipinski definition) is 5. The van der Waals surface area contributed by atoms with E-state index in [1.165, 1.54) is 14.2 Å². The van der Waals surface area contributed by atoms with Gasteiger partial charge in [-0.3, -0.25) is 4.79 Å². The molecule has 7 heteroatoms. The Morgan fingerprint density at radius 3 is 2.15 bits per heavy atom. The Balaban J connectivity index is 2.04. The number of esters is 2. The van der Waals surface area contributed by atoms with E-state index in [9.17, 15) is 14.4 Å². The van der Waals surface area contributed by atoms with Crippen molar-refractivity contribution in [1.29, 1.82) is 0 Å². The topological polar surface area (TPSA) is 93.7 Å². The maximum Gasteiger partial charge on any atom is 0.337 e. The van der Waals surface area contributed by atoms with Crippen molar-refractivity contribution in [1.82, 2.24) is 5.32 Å². The van der Waals surface area contributed by atoms with Crippen LogP contribution in [0.1, 0.15) is 28.4 Å². The molecule has 0 aliphatic heterocycles. The van der Waals surface area contributed by atoms with Gasteiger partial charge < -0.3 is 20.1 Å². The molecule has 2 N–H and O–H groups in total. The molecule has 136 valence electrons. The van der Waals surface area contributed by atoms with E-state index in [0.29, 0.717) is 11.3 Å². The van der Waals surface area contributed by atoms with E-state index in [1.54, 1.807) is 24.3 Å². The molecule has 0 saturated carbocycles. The van der Waals surface area contributed by atoms with Gasteiger partial charge in [0.1, 0.15) is 0 Å². The van der Waals surface area contributed by atoms with Gasteiger partial charge in [0, 0.05) is 5.69 Å². The van der Waals surface area contributed by atoms with Gasteiger partial charge in [0.2, 0.25) is 0 Å². The largest absolute Gasteiger partial charge is 0.469 e. The minimum absolute atomic E-state index is 0.00914. The average Bonchev–Trinajstić information content (AvgIpc) is 2.68. The fraction of sp³-hybridized carbons (Fsp3) is 0.211. The fourth-order valence-corrected chi connectivity index (χ4v) is 2.32. The Labute approximate surface area is 151 Å². The van der Waals surface area contributed by atoms with E-state index in [1.807, 2.05) is 30.3 Å². The summed E-state index contributed by atoms with van der Waals surface area (Å²) >= 11 is 0. The quantitative estimate of drug-likeness (QED) is 0.776. The summed E-state index contributed by atoms with van der Waals surface area (Å²) in [7, 11) is 2.60. The first-order valence-electron chi connectivity index (χ1n) is 7.91. The third-order valence-electron chi connectivity index (χ3n) is 3.67. The molecule has 2 amide bonds. The van der Waals surface area contributed by atoms with Crippen molar-refractivity contribution >= 4 is 23.7 Å². The Kier molecular flexibility index (Phi) is 6.73. The summed E-state index contributed by atoms with van der Waals surface area (Å²) in [4.78, 5) is 35.3. The van der Waals surface area contributed by atoms with E-state index >= 15 is 0 Å². The molecule has 0 spiro atoms. The summed E-state index contributed by atoms with van der Waals surface area (Å²) in [5.74, 6) is -0.884. The maximum absolute atomic E-state index is 12.3. The van der Waals surface area contributed by atoms with Crippen molar-refractivity contribution in [3.05, 3.63) is 65.7 Å². The van der Waals surface area contributed by atoms with Gasteiger partial charge in [-0.05, 0) is 29.8 Å². The van der Waals surface area contributed by atoms with E-state index < -0.39 is 24.0 Å². The normalized spacial score (nSPS) is 11.2. The van der Waals surface area contributed by atoms with E-state index in [2.05, 4.69) is 15.4 Å². The minimum atomic E-state index is -0.530. The maximum atomic E-state index is 12.3. The van der Waals surface area contributed by atoms with Crippen LogP contribution in [0.5, 0.6) is 0 Å². The zero-order chi connectivity index (χ0) is 18.9. The molecule has 1 atom stereocenters. The van der Waals surface area contributed by atoms with Gasteiger partial charge in [-0.2, -0.15) is 0 Å². The number of methoxy groups -OCH3 is 2. The molecule has 2 rings (SSSR count). The van der Waals surface area contributed by atoms with Crippen molar-refractivity contribution in [3.63, 3.8) is 0 Å². The number of anilines is 1. The monoisotopic (exact) mass is 356 g/mol. The number of rotatable bonds is 6. The van der Waals surface area contributed by atoms with E-state index in [4.69, 9.17) is 4.74 Å². The van der Waals surface area contributed by atoms with Gasteiger partial charge in [0.15, 0.2) is 0 Å². The molecular weight excluding hydrogens is 336 g/mol. The number of ether oxygens (including phenoxy) is 2. The number of amides is 2. The van der Waals surface area contributed by atoms with Crippen LogP contribution in [-0.4, -0.2) is 32.2 Å². The number of carbonyl (C=O) groups excluding carboxylic acids is 3. The molecule has 0 saturated heterocycles. The lowest BCUT2D eigenvalue weighted by atomic mass is 10.0. The SMILES string of the molecule is COC(=O)C[C@H](NC(=O)Nc1ccc(C(=O)OC)cc1)c1ccccc1. The third kappa shape index (κ3) is 5.34. The summed E-state index contributed by atoms with van der Waals surface area (Å²) < 4.78 is 9.32. The Bertz CT molecular complexity index is 759. The molecule has 2 aromatic carbocycles. The van der Waals surface area contributed by atoms with Gasteiger partial charge >= 0.3 is 18.0 Å². The van der Waals surface area contributed by atoms with Crippen LogP contribution >= 0.6 is 0 Å². The van der Waals surface area contributed by atoms with Crippen LogP contribution in [-0.2, 0) is 14.3 Å². The molecular formula is C19H20N2O5. The van der Waals surface area contributed by atoms with Crippen LogP contribution in [0.2, 0.25) is 0 Å². The Hall–Kier alpha value is -3.35. The van der Waals surface area contributed by atoms with E-state index in [0.717, 1.165) is 5.56 Å². The first-order valence-corrected chi connectivity index (χ1v) is 7.91. The highest BCUT2D eigenvalue weighted by molar-refractivity contribution is 5.92. The number of benzene rings is 2. The summed E-state index contributed by atoms with van der Waals surface area (Å²) in [5, 5.41) is 5.42. The molecule has 0 aromatic heterocycles. The Morgan fingerprint density at radius 1 is 0.923 bits per heavy atom. The van der Waals surface area contributed by atoms with Crippen molar-refractivity contribution in [2.75, 3.05) is 19.5 Å². The predicted molar refractivity (Wildman–Crippen MR) is 95.8 cm³/mol. The molecule has 0 radical (unpaired) electrons. The first kappa shape index (κ1) is 19.0. The van der Waals surface area contributed by atoms with Gasteiger partial charge in [-0.1, -0.05) is 30.3 Å². The lowest BCUT2D eigenvalue weighted by Gasteiger charge is -2.18. The molecule has 0 bridgehead atoms. The predicted octanol–water partition coefficient (Wildman–Crippen LogP) is 2.90. The van der Waals surface area contributed by atoms with Crippen molar-refractivity contribution in [2.45, 2.75) is 12.5 Å². The summed E-state index contributed by atoms with van der Waals surface area (Å²) in [5.41, 5.74) is 1.67. The van der Waals surface area contributed by atoms with Gasteiger partial charge in [-0.25, -0.2) is 9.59 Å². The lowest BCUT2D eigenvalue weighted by Crippen LogP contribution is -2.34. The highest BCUT2D eigenvalue weighted by Crippen LogP contribution is 2.18. The molecule has 7 nitrogen and oxygen atoms in total. The van der Waals surface area contributed by atoms with Crippen LogP contribution in [0, 0.1) is 0 Å². The first-order chi connectivity index (χ1) is 12.5. The number of nitrogens with one attached hydrogen (secondary N) is 2. The molecule has 0 fully saturated rings. The summed E-state index contributed by atoms with van der Waals surface area (Å²) in [6.45, 7) is 0. The van der Waals surface area contributed by atoms with E-state index in [-0.39, 0.29) is 6.42 Å². The zero-order valence-corrected chi connectivity index (χ0v) is 14.5. The highest BCUT2D eigenvalue weighted by atomic mass is 16.5. The molecule has 2 aromatic rings. The minimum Gasteiger partial charge on any atom is -0.469 e. The summed E-state index contributed by atoms with van der Waals surface area (Å²) in [6, 6.07) is 14.4. The number of carbonyl (C=O) groups is 3. The second-order valence-electron chi connectivity index (χ2n) is 5.41. The second kappa shape index (κ2) is 9.22. The van der Waals surface area contributed by atoms with Gasteiger partial charge in [0.25, 0.3) is 0 Å².